The smallest absolute Gasteiger partial charge is 0.406 e. The van der Waals surface area contributed by atoms with Gasteiger partial charge in [0.25, 0.3) is 0 Å². The summed E-state index contributed by atoms with van der Waals surface area (Å²) in [6, 6.07) is 5.27. The van der Waals surface area contributed by atoms with Gasteiger partial charge in [0, 0.05) is 12.3 Å². The second-order valence-electron chi connectivity index (χ2n) is 4.20. The molecule has 0 aliphatic rings. The third-order valence-electron chi connectivity index (χ3n) is 2.71. The molecule has 0 bridgehead atoms. The van der Waals surface area contributed by atoms with Gasteiger partial charge >= 0.3 is 5.82 Å². The molecule has 6 nitrogen and oxygen atoms in total. The van der Waals surface area contributed by atoms with Gasteiger partial charge in [-0.3, -0.25) is 4.98 Å². The lowest BCUT2D eigenvalue weighted by atomic mass is 10.1. The SMILES string of the molecule is Cc1cccnc1C(C)Oc1cc(Br)cnc1[N+](=O)[O-]. The Hall–Kier alpha value is -2.02. The average molecular weight is 338 g/mol. The van der Waals surface area contributed by atoms with Crippen LogP contribution in [0.1, 0.15) is 24.3 Å². The number of ether oxygens (including phenoxy) is 1. The highest BCUT2D eigenvalue weighted by molar-refractivity contribution is 9.10. The lowest BCUT2D eigenvalue weighted by Crippen LogP contribution is -2.09. The number of hydrogen-bond acceptors (Lipinski definition) is 5. The van der Waals surface area contributed by atoms with E-state index in [1.807, 2.05) is 19.1 Å². The van der Waals surface area contributed by atoms with Crippen molar-refractivity contribution in [1.82, 2.24) is 9.97 Å². The molecule has 104 valence electrons. The van der Waals surface area contributed by atoms with Crippen LogP contribution in [0.5, 0.6) is 5.75 Å². The summed E-state index contributed by atoms with van der Waals surface area (Å²) in [5.74, 6) is -0.199. The maximum atomic E-state index is 11.0. The molecule has 0 radical (unpaired) electrons. The van der Waals surface area contributed by atoms with Gasteiger partial charge in [-0.2, -0.15) is 0 Å². The van der Waals surface area contributed by atoms with Gasteiger partial charge in [-0.05, 0) is 51.3 Å². The van der Waals surface area contributed by atoms with Crippen LogP contribution in [0, 0.1) is 17.0 Å². The Kier molecular flexibility index (Phi) is 4.29. The number of halogens is 1. The molecule has 0 aliphatic carbocycles. The van der Waals surface area contributed by atoms with Crippen LogP contribution >= 0.6 is 15.9 Å². The van der Waals surface area contributed by atoms with Crippen LogP contribution in [0.4, 0.5) is 5.82 Å². The molecule has 0 N–H and O–H groups in total. The van der Waals surface area contributed by atoms with Crippen LogP contribution < -0.4 is 4.74 Å². The minimum atomic E-state index is -0.570. The molecular weight excluding hydrogens is 326 g/mol. The Labute approximate surface area is 124 Å². The molecule has 20 heavy (non-hydrogen) atoms. The molecule has 1 atom stereocenters. The minimum absolute atomic E-state index is 0.113. The third-order valence-corrected chi connectivity index (χ3v) is 3.14. The van der Waals surface area contributed by atoms with Crippen LogP contribution in [0.25, 0.3) is 0 Å². The topological polar surface area (TPSA) is 78.2 Å². The molecule has 0 aliphatic heterocycles. The average Bonchev–Trinajstić information content (AvgIpc) is 2.38. The fourth-order valence-corrected chi connectivity index (χ4v) is 2.12. The zero-order chi connectivity index (χ0) is 14.7. The fourth-order valence-electron chi connectivity index (χ4n) is 1.81. The normalized spacial score (nSPS) is 11.9. The van der Waals surface area contributed by atoms with Crippen molar-refractivity contribution < 1.29 is 9.66 Å². The summed E-state index contributed by atoms with van der Waals surface area (Å²) in [6.07, 6.45) is 2.61. The summed E-state index contributed by atoms with van der Waals surface area (Å²) in [4.78, 5) is 18.4. The van der Waals surface area contributed by atoms with Crippen molar-refractivity contribution in [2.45, 2.75) is 20.0 Å². The molecule has 0 amide bonds. The van der Waals surface area contributed by atoms with E-state index >= 15 is 0 Å². The maximum Gasteiger partial charge on any atom is 0.406 e. The van der Waals surface area contributed by atoms with Gasteiger partial charge in [-0.15, -0.1) is 0 Å². The first-order valence-electron chi connectivity index (χ1n) is 5.87. The van der Waals surface area contributed by atoms with Crippen LogP contribution in [-0.2, 0) is 0 Å². The van der Waals surface area contributed by atoms with E-state index in [-0.39, 0.29) is 11.6 Å². The van der Waals surface area contributed by atoms with Crippen LogP contribution in [0.3, 0.4) is 0 Å². The molecule has 0 saturated heterocycles. The van der Waals surface area contributed by atoms with Crippen LogP contribution in [-0.4, -0.2) is 14.9 Å². The highest BCUT2D eigenvalue weighted by Gasteiger charge is 2.21. The number of pyridine rings is 2. The van der Waals surface area contributed by atoms with E-state index in [0.717, 1.165) is 11.3 Å². The zero-order valence-corrected chi connectivity index (χ0v) is 12.5. The molecule has 0 saturated carbocycles. The van der Waals surface area contributed by atoms with Crippen molar-refractivity contribution >= 4 is 21.7 Å². The maximum absolute atomic E-state index is 11.0. The standard InChI is InChI=1S/C13H12BrN3O3/c1-8-4-3-5-15-12(8)9(2)20-11-6-10(14)7-16-13(11)17(18)19/h3-7,9H,1-2H3. The zero-order valence-electron chi connectivity index (χ0n) is 10.9. The first-order valence-corrected chi connectivity index (χ1v) is 6.66. The number of hydrogen-bond donors (Lipinski definition) is 0. The fraction of sp³-hybridized carbons (Fsp3) is 0.231. The van der Waals surface area contributed by atoms with E-state index < -0.39 is 11.0 Å². The van der Waals surface area contributed by atoms with E-state index in [4.69, 9.17) is 4.74 Å². The van der Waals surface area contributed by atoms with Crippen LogP contribution in [0.15, 0.2) is 35.1 Å². The van der Waals surface area contributed by atoms with Gasteiger partial charge in [0.15, 0.2) is 6.20 Å². The number of rotatable bonds is 4. The largest absolute Gasteiger partial charge is 0.476 e. The monoisotopic (exact) mass is 337 g/mol. The first kappa shape index (κ1) is 14.4. The van der Waals surface area contributed by atoms with Crippen molar-refractivity contribution in [3.05, 3.63) is 56.4 Å². The van der Waals surface area contributed by atoms with Gasteiger partial charge in [0.05, 0.1) is 10.2 Å². The predicted octanol–water partition coefficient (Wildman–Crippen LogP) is 3.60. The molecule has 2 heterocycles. The summed E-state index contributed by atoms with van der Waals surface area (Å²) >= 11 is 3.23. The number of aryl methyl sites for hydroxylation is 1. The highest BCUT2D eigenvalue weighted by atomic mass is 79.9. The summed E-state index contributed by atoms with van der Waals surface area (Å²) in [7, 11) is 0. The van der Waals surface area contributed by atoms with E-state index in [2.05, 4.69) is 25.9 Å². The second kappa shape index (κ2) is 5.96. The third kappa shape index (κ3) is 3.11. The van der Waals surface area contributed by atoms with Gasteiger partial charge in [-0.25, -0.2) is 0 Å². The van der Waals surface area contributed by atoms with Gasteiger partial charge < -0.3 is 14.9 Å². The predicted molar refractivity (Wildman–Crippen MR) is 76.6 cm³/mol. The van der Waals surface area contributed by atoms with E-state index in [1.165, 1.54) is 12.3 Å². The van der Waals surface area contributed by atoms with E-state index in [9.17, 15) is 10.1 Å². The van der Waals surface area contributed by atoms with Crippen molar-refractivity contribution in [2.75, 3.05) is 0 Å². The van der Waals surface area contributed by atoms with Crippen molar-refractivity contribution in [3.63, 3.8) is 0 Å². The highest BCUT2D eigenvalue weighted by Crippen LogP contribution is 2.31. The summed E-state index contributed by atoms with van der Waals surface area (Å²) in [5, 5.41) is 11.0. The Morgan fingerprint density at radius 2 is 2.20 bits per heavy atom. The van der Waals surface area contributed by atoms with Crippen molar-refractivity contribution in [2.24, 2.45) is 0 Å². The van der Waals surface area contributed by atoms with E-state index in [0.29, 0.717) is 4.47 Å². The molecule has 2 aromatic heterocycles. The Morgan fingerprint density at radius 1 is 1.45 bits per heavy atom. The molecule has 2 aromatic rings. The molecule has 7 heteroatoms. The van der Waals surface area contributed by atoms with Gasteiger partial charge in [0.2, 0.25) is 5.75 Å². The number of aromatic nitrogens is 2. The number of nitro groups is 1. The van der Waals surface area contributed by atoms with Crippen LogP contribution in [0.2, 0.25) is 0 Å². The summed E-state index contributed by atoms with van der Waals surface area (Å²) in [5.41, 5.74) is 1.70. The summed E-state index contributed by atoms with van der Waals surface area (Å²) in [6.45, 7) is 3.70. The number of nitrogens with zero attached hydrogens (tertiary/aromatic N) is 3. The lowest BCUT2D eigenvalue weighted by molar-refractivity contribution is -0.390. The Balaban J connectivity index is 2.32. The quantitative estimate of drug-likeness (QED) is 0.629. The van der Waals surface area contributed by atoms with Gasteiger partial charge in [-0.1, -0.05) is 6.07 Å². The molecule has 2 rings (SSSR count). The second-order valence-corrected chi connectivity index (χ2v) is 5.11. The molecule has 1 unspecified atom stereocenters. The molecule has 0 fully saturated rings. The minimum Gasteiger partial charge on any atom is -0.476 e. The van der Waals surface area contributed by atoms with E-state index in [1.54, 1.807) is 13.1 Å². The first-order chi connectivity index (χ1) is 9.49. The van der Waals surface area contributed by atoms with Crippen molar-refractivity contribution in [1.29, 1.82) is 0 Å². The molecule has 0 spiro atoms. The Bertz CT molecular complexity index is 649. The lowest BCUT2D eigenvalue weighted by Gasteiger charge is -2.15. The summed E-state index contributed by atoms with van der Waals surface area (Å²) < 4.78 is 6.27. The van der Waals surface area contributed by atoms with Gasteiger partial charge in [0.1, 0.15) is 6.10 Å². The van der Waals surface area contributed by atoms with Crippen molar-refractivity contribution in [3.8, 4) is 5.75 Å². The Morgan fingerprint density at radius 3 is 2.85 bits per heavy atom. The molecule has 0 aromatic carbocycles. The molecular formula is C13H12BrN3O3.